The van der Waals surface area contributed by atoms with E-state index in [-0.39, 0.29) is 20.7 Å². The molecule has 0 saturated carbocycles. The van der Waals surface area contributed by atoms with Gasteiger partial charge in [-0.05, 0) is 50.1 Å². The summed E-state index contributed by atoms with van der Waals surface area (Å²) in [6, 6.07) is 6.53. The van der Waals surface area contributed by atoms with Crippen molar-refractivity contribution in [1.82, 2.24) is 0 Å². The smallest absolute Gasteiger partial charge is 0.116 e. The zero-order chi connectivity index (χ0) is 13.4. The molecule has 0 aliphatic rings. The Labute approximate surface area is 114 Å². The highest BCUT2D eigenvalue weighted by Gasteiger charge is 2.12. The molecule has 0 heterocycles. The van der Waals surface area contributed by atoms with E-state index in [1.165, 1.54) is 16.3 Å². The Morgan fingerprint density at radius 3 is 2.22 bits per heavy atom. The second-order valence-electron chi connectivity index (χ2n) is 4.50. The van der Waals surface area contributed by atoms with Crippen LogP contribution < -0.4 is 5.19 Å². The summed E-state index contributed by atoms with van der Waals surface area (Å²) in [5.74, 6) is 0. The molecule has 0 aliphatic carbocycles. The minimum Gasteiger partial charge on any atom is -0.396 e. The van der Waals surface area contributed by atoms with Crippen LogP contribution in [0.15, 0.2) is 18.2 Å². The van der Waals surface area contributed by atoms with Gasteiger partial charge in [-0.3, -0.25) is 0 Å². The van der Waals surface area contributed by atoms with Gasteiger partial charge in [-0.15, -0.1) is 7.47 Å². The summed E-state index contributed by atoms with van der Waals surface area (Å²) in [5, 5.41) is 19.4. The van der Waals surface area contributed by atoms with Gasteiger partial charge >= 0.3 is 0 Å². The molecule has 2 N–H and O–H groups in total. The summed E-state index contributed by atoms with van der Waals surface area (Å²) in [5.41, 5.74) is 2.77. The van der Waals surface area contributed by atoms with Crippen molar-refractivity contribution in [3.8, 4) is 0 Å². The maximum Gasteiger partial charge on any atom is 0.116 e. The van der Waals surface area contributed by atoms with Crippen LogP contribution in [-0.4, -0.2) is 44.9 Å². The second-order valence-corrected chi connectivity index (χ2v) is 9.81. The number of aliphatic hydroxyl groups is 2. The number of benzene rings is 1. The molecule has 0 aromatic heterocycles. The van der Waals surface area contributed by atoms with Gasteiger partial charge in [0.1, 0.15) is 9.19 Å². The van der Waals surface area contributed by atoms with Gasteiger partial charge in [0.2, 0.25) is 0 Å². The molecular weight excluding hydrogens is 259 g/mol. The van der Waals surface area contributed by atoms with Crippen LogP contribution in [0.2, 0.25) is 0 Å². The molecule has 0 unspecified atom stereocenters. The molecule has 0 amide bonds. The summed E-state index contributed by atoms with van der Waals surface area (Å²) in [6.07, 6.45) is 4.04. The van der Waals surface area contributed by atoms with Crippen LogP contribution in [0.5, 0.6) is 0 Å². The van der Waals surface area contributed by atoms with Crippen LogP contribution in [0.4, 0.5) is 0 Å². The molecule has 1 aromatic carbocycles. The third-order valence-corrected chi connectivity index (χ3v) is 8.88. The van der Waals surface area contributed by atoms with Crippen LogP contribution in [0.1, 0.15) is 24.0 Å². The molecule has 1 rings (SSSR count). The molecule has 4 heteroatoms. The fraction of sp³-hybridized carbons (Fsp3) is 0.571. The van der Waals surface area contributed by atoms with E-state index in [9.17, 15) is 0 Å². The third-order valence-electron chi connectivity index (χ3n) is 3.06. The maximum absolute atomic E-state index is 8.97. The SMILES string of the molecule is Cc1cccc([Si]P(CCCO)CCCO)c1C. The quantitative estimate of drug-likeness (QED) is 0.564. The summed E-state index contributed by atoms with van der Waals surface area (Å²) < 4.78 is 0. The van der Waals surface area contributed by atoms with Gasteiger partial charge in [0, 0.05) is 13.2 Å². The first-order valence-corrected chi connectivity index (χ1v) is 10.0. The lowest BCUT2D eigenvalue weighted by Crippen LogP contribution is -2.19. The fourth-order valence-electron chi connectivity index (χ4n) is 1.79. The summed E-state index contributed by atoms with van der Waals surface area (Å²) >= 11 is 0. The Hall–Kier alpha value is -0.213. The van der Waals surface area contributed by atoms with Gasteiger partial charge in [-0.1, -0.05) is 23.4 Å². The van der Waals surface area contributed by atoms with Crippen LogP contribution in [0.25, 0.3) is 0 Å². The average molecular weight is 282 g/mol. The molecule has 0 fully saturated rings. The molecule has 0 bridgehead atoms. The van der Waals surface area contributed by atoms with Gasteiger partial charge < -0.3 is 10.2 Å². The lowest BCUT2D eigenvalue weighted by Gasteiger charge is -2.18. The van der Waals surface area contributed by atoms with Crippen LogP contribution >= 0.6 is 7.47 Å². The van der Waals surface area contributed by atoms with E-state index in [4.69, 9.17) is 10.2 Å². The van der Waals surface area contributed by atoms with Crippen molar-refractivity contribution in [2.45, 2.75) is 26.7 Å². The third kappa shape index (κ3) is 5.19. The monoisotopic (exact) mass is 282 g/mol. The van der Waals surface area contributed by atoms with E-state index in [1.54, 1.807) is 0 Å². The zero-order valence-electron chi connectivity index (χ0n) is 11.3. The highest BCUT2D eigenvalue weighted by Crippen LogP contribution is 2.34. The highest BCUT2D eigenvalue weighted by atomic mass is 31.4. The molecule has 2 radical (unpaired) electrons. The molecule has 18 heavy (non-hydrogen) atoms. The van der Waals surface area contributed by atoms with Crippen molar-refractivity contribution in [2.75, 3.05) is 25.5 Å². The number of aliphatic hydroxyl groups excluding tert-OH is 2. The largest absolute Gasteiger partial charge is 0.396 e. The number of hydrogen-bond acceptors (Lipinski definition) is 2. The predicted molar refractivity (Wildman–Crippen MR) is 81.4 cm³/mol. The van der Waals surface area contributed by atoms with E-state index < -0.39 is 0 Å². The molecule has 0 atom stereocenters. The molecule has 100 valence electrons. The van der Waals surface area contributed by atoms with E-state index in [0.29, 0.717) is 0 Å². The zero-order valence-corrected chi connectivity index (χ0v) is 13.2. The maximum atomic E-state index is 8.97. The van der Waals surface area contributed by atoms with E-state index in [2.05, 4.69) is 32.0 Å². The van der Waals surface area contributed by atoms with Crippen LogP contribution in [0.3, 0.4) is 0 Å². The predicted octanol–water partition coefficient (Wildman–Crippen LogP) is 1.79. The molecular formula is C14H23O2PSi. The van der Waals surface area contributed by atoms with Gasteiger partial charge in [0.25, 0.3) is 0 Å². The Morgan fingerprint density at radius 2 is 1.67 bits per heavy atom. The van der Waals surface area contributed by atoms with Crippen molar-refractivity contribution < 1.29 is 10.2 Å². The Kier molecular flexibility index (Phi) is 7.76. The molecule has 0 spiro atoms. The van der Waals surface area contributed by atoms with Gasteiger partial charge in [-0.25, -0.2) is 0 Å². The van der Waals surface area contributed by atoms with Gasteiger partial charge in [-0.2, -0.15) is 0 Å². The Morgan fingerprint density at radius 1 is 1.06 bits per heavy atom. The normalized spacial score (nSPS) is 11.2. The number of aryl methyl sites for hydroxylation is 1. The molecule has 1 aromatic rings. The van der Waals surface area contributed by atoms with Gasteiger partial charge in [0.15, 0.2) is 0 Å². The van der Waals surface area contributed by atoms with Crippen LogP contribution in [-0.2, 0) is 0 Å². The fourth-order valence-corrected chi connectivity index (χ4v) is 7.53. The standard InChI is InChI=1S/C14H23O2PSi/c1-12-6-3-7-14(13(12)2)18-17(10-4-8-15)11-5-9-16/h3,6-7,15-16H,4-5,8-11H2,1-2H3. The summed E-state index contributed by atoms with van der Waals surface area (Å²) in [4.78, 5) is 0. The van der Waals surface area contributed by atoms with Gasteiger partial charge in [0.05, 0.1) is 0 Å². The highest BCUT2D eigenvalue weighted by molar-refractivity contribution is 7.87. The number of hydrogen-bond donors (Lipinski definition) is 2. The van der Waals surface area contributed by atoms with Crippen molar-refractivity contribution >= 4 is 21.8 Å². The minimum absolute atomic E-state index is 0.0695. The lowest BCUT2D eigenvalue weighted by atomic mass is 10.1. The molecule has 0 aliphatic heterocycles. The van der Waals surface area contributed by atoms with E-state index in [0.717, 1.165) is 34.4 Å². The minimum atomic E-state index is -0.0695. The first kappa shape index (κ1) is 15.8. The molecule has 0 saturated heterocycles. The topological polar surface area (TPSA) is 40.5 Å². The Balaban J connectivity index is 2.65. The first-order valence-electron chi connectivity index (χ1n) is 6.48. The average Bonchev–Trinajstić information content (AvgIpc) is 2.38. The molecule has 2 nitrogen and oxygen atoms in total. The van der Waals surface area contributed by atoms with Crippen molar-refractivity contribution in [2.24, 2.45) is 0 Å². The summed E-state index contributed by atoms with van der Waals surface area (Å²) in [6.45, 7) is 4.93. The van der Waals surface area contributed by atoms with Crippen molar-refractivity contribution in [3.05, 3.63) is 29.3 Å². The second kappa shape index (κ2) is 8.81. The first-order chi connectivity index (χ1) is 8.69. The van der Waals surface area contributed by atoms with Crippen molar-refractivity contribution in [3.63, 3.8) is 0 Å². The summed E-state index contributed by atoms with van der Waals surface area (Å²) in [7, 11) is 0.784. The lowest BCUT2D eigenvalue weighted by molar-refractivity contribution is 0.294. The number of rotatable bonds is 8. The van der Waals surface area contributed by atoms with E-state index >= 15 is 0 Å². The van der Waals surface area contributed by atoms with E-state index in [1.807, 2.05) is 0 Å². The van der Waals surface area contributed by atoms with Crippen molar-refractivity contribution in [1.29, 1.82) is 0 Å². The Bertz CT molecular complexity index is 350. The van der Waals surface area contributed by atoms with Crippen LogP contribution in [0, 0.1) is 13.8 Å².